The average Bonchev–Trinajstić information content (AvgIpc) is 2.40. The van der Waals surface area contributed by atoms with Crippen LogP contribution in [0.1, 0.15) is 29.9 Å². The summed E-state index contributed by atoms with van der Waals surface area (Å²) in [4.78, 5) is 26.7. The zero-order valence-electron chi connectivity index (χ0n) is 12.3. The molecular weight excluding hydrogens is 268 g/mol. The van der Waals surface area contributed by atoms with E-state index in [4.69, 9.17) is 4.74 Å². The van der Waals surface area contributed by atoms with Gasteiger partial charge in [0.05, 0.1) is 6.10 Å². The van der Waals surface area contributed by atoms with E-state index in [1.54, 1.807) is 31.2 Å². The SMILES string of the molecule is Cc1cc(=O)c(C(=O)Nc2ccc(OC(C)C)cc2)c[nH]1. The summed E-state index contributed by atoms with van der Waals surface area (Å²) in [5.41, 5.74) is 1.11. The lowest BCUT2D eigenvalue weighted by Gasteiger charge is -2.10. The van der Waals surface area contributed by atoms with Gasteiger partial charge in [0.1, 0.15) is 11.3 Å². The van der Waals surface area contributed by atoms with Crippen molar-refractivity contribution in [3.05, 3.63) is 58.0 Å². The van der Waals surface area contributed by atoms with Crippen molar-refractivity contribution in [2.75, 3.05) is 5.32 Å². The number of carbonyl (C=O) groups excluding carboxylic acids is 1. The molecule has 0 atom stereocenters. The summed E-state index contributed by atoms with van der Waals surface area (Å²) < 4.78 is 5.52. The van der Waals surface area contributed by atoms with E-state index in [0.29, 0.717) is 11.4 Å². The number of hydrogen-bond donors (Lipinski definition) is 2. The minimum absolute atomic E-state index is 0.0862. The van der Waals surface area contributed by atoms with E-state index in [2.05, 4.69) is 10.3 Å². The third kappa shape index (κ3) is 3.95. The number of amides is 1. The Morgan fingerprint density at radius 2 is 1.90 bits per heavy atom. The molecule has 0 aliphatic heterocycles. The number of hydrogen-bond acceptors (Lipinski definition) is 3. The first-order valence-electron chi connectivity index (χ1n) is 6.73. The Bertz CT molecular complexity index is 687. The second-order valence-corrected chi connectivity index (χ2v) is 5.04. The molecule has 0 unspecified atom stereocenters. The maximum atomic E-state index is 12.0. The second-order valence-electron chi connectivity index (χ2n) is 5.04. The first kappa shape index (κ1) is 14.8. The van der Waals surface area contributed by atoms with Crippen molar-refractivity contribution in [2.45, 2.75) is 26.9 Å². The topological polar surface area (TPSA) is 71.2 Å². The van der Waals surface area contributed by atoms with Crippen LogP contribution in [0.5, 0.6) is 5.75 Å². The Balaban J connectivity index is 2.10. The molecule has 21 heavy (non-hydrogen) atoms. The average molecular weight is 286 g/mol. The minimum atomic E-state index is -0.436. The van der Waals surface area contributed by atoms with Crippen LogP contribution in [0, 0.1) is 6.92 Å². The van der Waals surface area contributed by atoms with Gasteiger partial charge in [-0.1, -0.05) is 0 Å². The summed E-state index contributed by atoms with van der Waals surface area (Å²) in [7, 11) is 0. The van der Waals surface area contributed by atoms with E-state index in [1.165, 1.54) is 12.3 Å². The number of aryl methyl sites for hydroxylation is 1. The molecule has 2 aromatic rings. The lowest BCUT2D eigenvalue weighted by molar-refractivity contribution is 0.102. The van der Waals surface area contributed by atoms with Gasteiger partial charge in [0.25, 0.3) is 5.91 Å². The Morgan fingerprint density at radius 1 is 1.24 bits per heavy atom. The van der Waals surface area contributed by atoms with Gasteiger partial charge in [0.2, 0.25) is 0 Å². The number of H-pyrrole nitrogens is 1. The highest BCUT2D eigenvalue weighted by molar-refractivity contribution is 6.03. The predicted molar refractivity (Wildman–Crippen MR) is 82.0 cm³/mol. The number of aromatic nitrogens is 1. The van der Waals surface area contributed by atoms with E-state index in [0.717, 1.165) is 5.75 Å². The van der Waals surface area contributed by atoms with Crippen LogP contribution >= 0.6 is 0 Å². The number of pyridine rings is 1. The lowest BCUT2D eigenvalue weighted by Crippen LogP contribution is -2.21. The highest BCUT2D eigenvalue weighted by Crippen LogP contribution is 2.17. The molecular formula is C16H18N2O3. The Kier molecular flexibility index (Phi) is 4.42. The maximum absolute atomic E-state index is 12.0. The Hall–Kier alpha value is -2.56. The number of rotatable bonds is 4. The number of carbonyl (C=O) groups is 1. The molecule has 0 bridgehead atoms. The summed E-state index contributed by atoms with van der Waals surface area (Å²) in [6.45, 7) is 5.65. The first-order chi connectivity index (χ1) is 9.95. The molecule has 0 saturated heterocycles. The van der Waals surface area contributed by atoms with Gasteiger partial charge in [-0.15, -0.1) is 0 Å². The van der Waals surface area contributed by atoms with E-state index >= 15 is 0 Å². The quantitative estimate of drug-likeness (QED) is 0.907. The fourth-order valence-electron chi connectivity index (χ4n) is 1.84. The third-order valence-electron chi connectivity index (χ3n) is 2.79. The van der Waals surface area contributed by atoms with Gasteiger partial charge < -0.3 is 15.0 Å². The zero-order valence-corrected chi connectivity index (χ0v) is 12.3. The second kappa shape index (κ2) is 6.26. The molecule has 110 valence electrons. The normalized spacial score (nSPS) is 10.5. The van der Waals surface area contributed by atoms with Gasteiger partial charge >= 0.3 is 0 Å². The minimum Gasteiger partial charge on any atom is -0.491 e. The van der Waals surface area contributed by atoms with Crippen LogP contribution in [-0.4, -0.2) is 17.0 Å². The third-order valence-corrected chi connectivity index (χ3v) is 2.79. The molecule has 1 amide bonds. The fraction of sp³-hybridized carbons (Fsp3) is 0.250. The van der Waals surface area contributed by atoms with Crippen molar-refractivity contribution in [3.63, 3.8) is 0 Å². The predicted octanol–water partition coefficient (Wildman–Crippen LogP) is 2.72. The van der Waals surface area contributed by atoms with Crippen LogP contribution in [0.3, 0.4) is 0 Å². The number of benzene rings is 1. The molecule has 1 aromatic heterocycles. The summed E-state index contributed by atoms with van der Waals surface area (Å²) in [5, 5.41) is 2.68. The molecule has 5 heteroatoms. The van der Waals surface area contributed by atoms with Crippen molar-refractivity contribution in [1.82, 2.24) is 4.98 Å². The van der Waals surface area contributed by atoms with Crippen LogP contribution in [0.15, 0.2) is 41.3 Å². The van der Waals surface area contributed by atoms with Crippen molar-refractivity contribution in [1.29, 1.82) is 0 Å². The summed E-state index contributed by atoms with van der Waals surface area (Å²) in [6.07, 6.45) is 1.51. The molecule has 1 aromatic carbocycles. The van der Waals surface area contributed by atoms with Crippen molar-refractivity contribution >= 4 is 11.6 Å². The molecule has 0 aliphatic carbocycles. The Morgan fingerprint density at radius 3 is 2.48 bits per heavy atom. The molecule has 1 heterocycles. The van der Waals surface area contributed by atoms with E-state index in [1.807, 2.05) is 13.8 Å². The number of aromatic amines is 1. The standard InChI is InChI=1S/C16H18N2O3/c1-10(2)21-13-6-4-12(5-7-13)18-16(20)14-9-17-11(3)8-15(14)19/h4-10H,1-3H3,(H,17,19)(H,18,20). The summed E-state index contributed by atoms with van der Waals surface area (Å²) in [5.74, 6) is 0.296. The highest BCUT2D eigenvalue weighted by Gasteiger charge is 2.10. The number of ether oxygens (including phenoxy) is 1. The molecule has 5 nitrogen and oxygen atoms in total. The van der Waals surface area contributed by atoms with Gasteiger partial charge in [-0.25, -0.2) is 0 Å². The van der Waals surface area contributed by atoms with Gasteiger partial charge in [-0.3, -0.25) is 9.59 Å². The number of nitrogens with one attached hydrogen (secondary N) is 2. The highest BCUT2D eigenvalue weighted by atomic mass is 16.5. The van der Waals surface area contributed by atoms with Gasteiger partial charge in [-0.05, 0) is 45.0 Å². The van der Waals surface area contributed by atoms with Crippen molar-refractivity contribution < 1.29 is 9.53 Å². The number of anilines is 1. The summed E-state index contributed by atoms with van der Waals surface area (Å²) >= 11 is 0. The van der Waals surface area contributed by atoms with Gasteiger partial charge in [0, 0.05) is 23.6 Å². The van der Waals surface area contributed by atoms with Crippen LogP contribution in [0.2, 0.25) is 0 Å². The monoisotopic (exact) mass is 286 g/mol. The lowest BCUT2D eigenvalue weighted by atomic mass is 10.2. The largest absolute Gasteiger partial charge is 0.491 e. The molecule has 0 fully saturated rings. The van der Waals surface area contributed by atoms with Crippen LogP contribution in [0.4, 0.5) is 5.69 Å². The maximum Gasteiger partial charge on any atom is 0.261 e. The molecule has 0 radical (unpaired) electrons. The smallest absolute Gasteiger partial charge is 0.261 e. The van der Waals surface area contributed by atoms with Gasteiger partial charge in [0.15, 0.2) is 5.43 Å². The molecule has 2 rings (SSSR count). The summed E-state index contributed by atoms with van der Waals surface area (Å²) in [6, 6.07) is 8.41. The van der Waals surface area contributed by atoms with Crippen molar-refractivity contribution in [3.8, 4) is 5.75 Å². The fourth-order valence-corrected chi connectivity index (χ4v) is 1.84. The van der Waals surface area contributed by atoms with E-state index in [-0.39, 0.29) is 17.1 Å². The first-order valence-corrected chi connectivity index (χ1v) is 6.73. The van der Waals surface area contributed by atoms with Gasteiger partial charge in [-0.2, -0.15) is 0 Å². The zero-order chi connectivity index (χ0) is 15.4. The Labute approximate surface area is 123 Å². The van der Waals surface area contributed by atoms with Crippen LogP contribution < -0.4 is 15.5 Å². The van der Waals surface area contributed by atoms with Crippen LogP contribution in [-0.2, 0) is 0 Å². The van der Waals surface area contributed by atoms with E-state index < -0.39 is 5.91 Å². The van der Waals surface area contributed by atoms with E-state index in [9.17, 15) is 9.59 Å². The van der Waals surface area contributed by atoms with Crippen molar-refractivity contribution in [2.24, 2.45) is 0 Å². The van der Waals surface area contributed by atoms with Crippen LogP contribution in [0.25, 0.3) is 0 Å². The molecule has 0 aliphatic rings. The molecule has 2 N–H and O–H groups in total. The molecule has 0 spiro atoms. The molecule has 0 saturated carbocycles.